The molecule has 9 nitrogen and oxygen atoms in total. The van der Waals surface area contributed by atoms with Gasteiger partial charge in [0.25, 0.3) is 0 Å². The molecule has 2 amide bonds. The number of pyridine rings is 1. The number of quaternary nitrogens is 1. The molecule has 0 atom stereocenters. The Balaban J connectivity index is 1.79. The molecule has 1 aliphatic rings. The molecule has 2 heterocycles. The summed E-state index contributed by atoms with van der Waals surface area (Å²) in [5.74, 6) is -0.484. The lowest BCUT2D eigenvalue weighted by atomic mass is 10.1. The van der Waals surface area contributed by atoms with Crippen molar-refractivity contribution in [1.29, 1.82) is 0 Å². The van der Waals surface area contributed by atoms with Crippen molar-refractivity contribution in [3.05, 3.63) is 59.2 Å². The number of piperazine rings is 1. The number of aryl methyl sites for hydroxylation is 1. The van der Waals surface area contributed by atoms with E-state index >= 15 is 0 Å². The lowest BCUT2D eigenvalue weighted by molar-refractivity contribution is -0.867. The van der Waals surface area contributed by atoms with Gasteiger partial charge in [-0.1, -0.05) is 6.07 Å². The number of halogens is 1. The summed E-state index contributed by atoms with van der Waals surface area (Å²) in [6.07, 6.45) is 1.44. The molecule has 2 N–H and O–H groups in total. The van der Waals surface area contributed by atoms with Gasteiger partial charge in [-0.2, -0.15) is 4.31 Å². The van der Waals surface area contributed by atoms with Crippen LogP contribution in [0.15, 0.2) is 36.5 Å². The van der Waals surface area contributed by atoms with E-state index < -0.39 is 10.0 Å². The first-order valence-corrected chi connectivity index (χ1v) is 12.3. The summed E-state index contributed by atoms with van der Waals surface area (Å²) in [5, 5.41) is 0. The number of benzene rings is 1. The van der Waals surface area contributed by atoms with Crippen LogP contribution in [0.4, 0.5) is 14.9 Å². The molecule has 1 aromatic carbocycles. The van der Waals surface area contributed by atoms with Crippen LogP contribution in [0.1, 0.15) is 35.5 Å². The molecule has 0 bridgehead atoms. The molecule has 1 saturated heterocycles. The SMILES string of the molecule is CCS(=O)(=O)N1CC[N+](Cc2ccc(F)c(C)c2)(C(=O)NNc2ccc(C(C)=O)nc2)CC1. The van der Waals surface area contributed by atoms with Gasteiger partial charge in [-0.3, -0.25) is 15.2 Å². The van der Waals surface area contributed by atoms with Gasteiger partial charge in [0.05, 0.1) is 30.7 Å². The highest BCUT2D eigenvalue weighted by atomic mass is 32.2. The van der Waals surface area contributed by atoms with E-state index in [-0.39, 0.29) is 60.6 Å². The average molecular weight is 479 g/mol. The number of rotatable bonds is 7. The predicted molar refractivity (Wildman–Crippen MR) is 122 cm³/mol. The smallest absolute Gasteiger partial charge is 0.293 e. The van der Waals surface area contributed by atoms with Crippen molar-refractivity contribution in [3.8, 4) is 0 Å². The Bertz CT molecular complexity index is 1130. The third kappa shape index (κ3) is 5.73. The third-order valence-corrected chi connectivity index (χ3v) is 7.77. The van der Waals surface area contributed by atoms with Crippen molar-refractivity contribution in [3.63, 3.8) is 0 Å². The van der Waals surface area contributed by atoms with Crippen LogP contribution in [0, 0.1) is 12.7 Å². The number of Topliss-reactive ketones (excluding diaryl/α,β-unsaturated/α-hetero) is 1. The number of anilines is 1. The molecule has 0 aliphatic carbocycles. The molecule has 1 aliphatic heterocycles. The summed E-state index contributed by atoms with van der Waals surface area (Å²) in [7, 11) is -3.36. The topological polar surface area (TPSA) is 108 Å². The summed E-state index contributed by atoms with van der Waals surface area (Å²) in [5.41, 5.74) is 7.57. The van der Waals surface area contributed by atoms with Crippen LogP contribution in [0.25, 0.3) is 0 Å². The molecular weight excluding hydrogens is 449 g/mol. The zero-order valence-corrected chi connectivity index (χ0v) is 19.8. The number of hydrazine groups is 1. The van der Waals surface area contributed by atoms with Crippen molar-refractivity contribution in [2.45, 2.75) is 27.3 Å². The molecule has 1 fully saturated rings. The number of nitrogens with one attached hydrogen (secondary N) is 2. The van der Waals surface area contributed by atoms with Gasteiger partial charge >= 0.3 is 6.03 Å². The Hall–Kier alpha value is -2.89. The zero-order valence-electron chi connectivity index (χ0n) is 19.0. The van der Waals surface area contributed by atoms with Gasteiger partial charge in [0.1, 0.15) is 31.1 Å². The monoisotopic (exact) mass is 478 g/mol. The second-order valence-corrected chi connectivity index (χ2v) is 10.4. The Morgan fingerprint density at radius 1 is 1.18 bits per heavy atom. The molecule has 0 unspecified atom stereocenters. The lowest BCUT2D eigenvalue weighted by Gasteiger charge is -2.41. The molecule has 1 aromatic heterocycles. The van der Waals surface area contributed by atoms with E-state index in [0.717, 1.165) is 5.56 Å². The van der Waals surface area contributed by atoms with Gasteiger partial charge in [0, 0.05) is 12.5 Å². The van der Waals surface area contributed by atoms with E-state index in [4.69, 9.17) is 0 Å². The first kappa shape index (κ1) is 24.7. The van der Waals surface area contributed by atoms with E-state index in [2.05, 4.69) is 15.8 Å². The minimum Gasteiger partial charge on any atom is -0.293 e. The standard InChI is InChI=1S/C22H28FN5O4S/c1-4-33(31,32)27-9-11-28(12-10-27,15-18-5-7-20(23)16(2)13-18)22(30)26-25-19-6-8-21(17(3)29)24-14-19/h5-8,13-14H,4,9-12,15H2,1-3H3,(H-,24,25,26,29,30)/p+1. The number of carbonyl (C=O) groups is 2. The van der Waals surface area contributed by atoms with Crippen LogP contribution in [0.2, 0.25) is 0 Å². The molecule has 33 heavy (non-hydrogen) atoms. The fourth-order valence-electron chi connectivity index (χ4n) is 3.80. The second-order valence-electron chi connectivity index (χ2n) is 8.18. The van der Waals surface area contributed by atoms with E-state index in [1.165, 1.54) is 23.5 Å². The number of ketones is 1. The number of urea groups is 1. The van der Waals surface area contributed by atoms with Crippen LogP contribution in [-0.4, -0.2) is 65.9 Å². The normalized spacial score (nSPS) is 16.2. The van der Waals surface area contributed by atoms with Gasteiger partial charge in [-0.15, -0.1) is 0 Å². The summed E-state index contributed by atoms with van der Waals surface area (Å²) < 4.78 is 39.7. The zero-order chi connectivity index (χ0) is 24.2. The quantitative estimate of drug-likeness (QED) is 0.360. The average Bonchev–Trinajstić information content (AvgIpc) is 2.80. The molecule has 2 aromatic rings. The Morgan fingerprint density at radius 2 is 1.88 bits per heavy atom. The fourth-order valence-corrected chi connectivity index (χ4v) is 4.88. The van der Waals surface area contributed by atoms with Crippen molar-refractivity contribution < 1.29 is 26.9 Å². The summed E-state index contributed by atoms with van der Waals surface area (Å²) in [4.78, 5) is 28.8. The molecule has 3 rings (SSSR count). The predicted octanol–water partition coefficient (Wildman–Crippen LogP) is 2.45. The maximum atomic E-state index is 13.7. The van der Waals surface area contributed by atoms with Crippen molar-refractivity contribution >= 4 is 27.5 Å². The van der Waals surface area contributed by atoms with E-state index in [1.807, 2.05) is 0 Å². The Labute approximate surface area is 193 Å². The Morgan fingerprint density at radius 3 is 2.42 bits per heavy atom. The van der Waals surface area contributed by atoms with Gasteiger partial charge in [0.2, 0.25) is 10.0 Å². The van der Waals surface area contributed by atoms with E-state index in [0.29, 0.717) is 16.9 Å². The van der Waals surface area contributed by atoms with Crippen LogP contribution < -0.4 is 10.9 Å². The molecule has 0 radical (unpaired) electrons. The maximum absolute atomic E-state index is 13.7. The van der Waals surface area contributed by atoms with Crippen LogP contribution in [0.3, 0.4) is 0 Å². The van der Waals surface area contributed by atoms with Gasteiger partial charge in [-0.25, -0.2) is 27.5 Å². The summed E-state index contributed by atoms with van der Waals surface area (Å²) in [6.45, 7) is 5.91. The number of carbonyl (C=O) groups excluding carboxylic acids is 2. The summed E-state index contributed by atoms with van der Waals surface area (Å²) >= 11 is 0. The first-order valence-electron chi connectivity index (χ1n) is 10.7. The highest BCUT2D eigenvalue weighted by Gasteiger charge is 2.43. The number of nitrogens with zero attached hydrogens (tertiary/aromatic N) is 3. The van der Waals surface area contributed by atoms with Crippen molar-refractivity contribution in [1.82, 2.24) is 14.7 Å². The largest absolute Gasteiger partial charge is 0.435 e. The number of amides is 2. The third-order valence-electron chi connectivity index (χ3n) is 5.89. The second kappa shape index (κ2) is 9.94. The molecular formula is C22H29FN5O4S+. The van der Waals surface area contributed by atoms with Crippen LogP contribution in [-0.2, 0) is 16.6 Å². The van der Waals surface area contributed by atoms with Gasteiger partial charge in [-0.05, 0) is 43.7 Å². The molecule has 178 valence electrons. The minimum atomic E-state index is -3.36. The van der Waals surface area contributed by atoms with Crippen LogP contribution >= 0.6 is 0 Å². The maximum Gasteiger partial charge on any atom is 0.435 e. The fraction of sp³-hybridized carbons (Fsp3) is 0.409. The van der Waals surface area contributed by atoms with E-state index in [9.17, 15) is 22.4 Å². The minimum absolute atomic E-state index is 0.00116. The number of aromatic nitrogens is 1. The Kier molecular flexibility index (Phi) is 7.45. The van der Waals surface area contributed by atoms with Gasteiger partial charge < -0.3 is 0 Å². The lowest BCUT2D eigenvalue weighted by Crippen LogP contribution is -2.65. The molecule has 0 saturated carbocycles. The van der Waals surface area contributed by atoms with Crippen molar-refractivity contribution in [2.24, 2.45) is 0 Å². The van der Waals surface area contributed by atoms with Crippen molar-refractivity contribution in [2.75, 3.05) is 37.4 Å². The number of hydrogen-bond acceptors (Lipinski definition) is 6. The number of hydrogen-bond donors (Lipinski definition) is 2. The molecule has 11 heteroatoms. The highest BCUT2D eigenvalue weighted by Crippen LogP contribution is 2.22. The first-order chi connectivity index (χ1) is 15.6. The molecule has 0 spiro atoms. The van der Waals surface area contributed by atoms with E-state index in [1.54, 1.807) is 38.1 Å². The number of sulfonamides is 1. The van der Waals surface area contributed by atoms with Crippen LogP contribution in [0.5, 0.6) is 0 Å². The highest BCUT2D eigenvalue weighted by molar-refractivity contribution is 7.89. The van der Waals surface area contributed by atoms with Gasteiger partial charge in [0.15, 0.2) is 5.78 Å². The summed E-state index contributed by atoms with van der Waals surface area (Å²) in [6, 6.07) is 7.55.